The summed E-state index contributed by atoms with van der Waals surface area (Å²) < 4.78 is 52.2. The summed E-state index contributed by atoms with van der Waals surface area (Å²) in [6.45, 7) is 1.46. The van der Waals surface area contributed by atoms with Gasteiger partial charge in [0.25, 0.3) is 0 Å². The average Bonchev–Trinajstić information content (AvgIpc) is 2.40. The summed E-state index contributed by atoms with van der Waals surface area (Å²) in [6, 6.07) is 0.584. The Hall–Kier alpha value is -0.560. The summed E-state index contributed by atoms with van der Waals surface area (Å²) in [7, 11) is 0. The molecule has 0 spiro atoms. The molecule has 0 aromatic heterocycles. The van der Waals surface area contributed by atoms with Gasteiger partial charge in [-0.1, -0.05) is 11.6 Å². The Balaban J connectivity index is 0.00000220. The Morgan fingerprint density at radius 1 is 1.24 bits per heavy atom. The van der Waals surface area contributed by atoms with Crippen LogP contribution in [0.2, 0.25) is 5.02 Å². The quantitative estimate of drug-likeness (QED) is 0.796. The lowest BCUT2D eigenvalue weighted by molar-refractivity contribution is -0.137. The van der Waals surface area contributed by atoms with Crippen LogP contribution in [0.15, 0.2) is 12.1 Å². The van der Waals surface area contributed by atoms with E-state index in [9.17, 15) is 17.6 Å². The largest absolute Gasteiger partial charge is 0.416 e. The van der Waals surface area contributed by atoms with Gasteiger partial charge in [-0.2, -0.15) is 13.2 Å². The highest BCUT2D eigenvalue weighted by molar-refractivity contribution is 6.30. The molecule has 120 valence electrons. The van der Waals surface area contributed by atoms with Gasteiger partial charge in [0, 0.05) is 11.6 Å². The normalized spacial score (nSPS) is 18.2. The zero-order valence-corrected chi connectivity index (χ0v) is 12.6. The van der Waals surface area contributed by atoms with Crippen LogP contribution in [-0.2, 0) is 6.18 Å². The van der Waals surface area contributed by atoms with Gasteiger partial charge in [-0.05, 0) is 44.0 Å². The summed E-state index contributed by atoms with van der Waals surface area (Å²) >= 11 is 5.57. The second-order valence-corrected chi connectivity index (χ2v) is 5.38. The first-order valence-corrected chi connectivity index (χ1v) is 6.71. The zero-order chi connectivity index (χ0) is 14.9. The van der Waals surface area contributed by atoms with Crippen LogP contribution in [0.25, 0.3) is 0 Å². The van der Waals surface area contributed by atoms with Gasteiger partial charge in [-0.15, -0.1) is 12.4 Å². The first-order chi connectivity index (χ1) is 9.30. The van der Waals surface area contributed by atoms with Crippen LogP contribution in [0.4, 0.5) is 17.6 Å². The fraction of sp³-hybridized carbons (Fsp3) is 0.538. The molecule has 0 saturated carbocycles. The van der Waals surface area contributed by atoms with Crippen molar-refractivity contribution in [2.45, 2.75) is 25.1 Å². The minimum Gasteiger partial charge on any atom is -0.324 e. The fourth-order valence-electron chi connectivity index (χ4n) is 2.47. The number of hydrogen-bond acceptors (Lipinski definition) is 2. The SMILES string of the molecule is Cl.N[C@@H](c1cc(C(F)(F)F)cc(Cl)c1F)C1CCNCC1. The molecule has 0 amide bonds. The van der Waals surface area contributed by atoms with Crippen LogP contribution in [-0.4, -0.2) is 13.1 Å². The number of nitrogens with one attached hydrogen (secondary N) is 1. The van der Waals surface area contributed by atoms with E-state index in [-0.39, 0.29) is 23.9 Å². The predicted molar refractivity (Wildman–Crippen MR) is 76.2 cm³/mol. The smallest absolute Gasteiger partial charge is 0.324 e. The van der Waals surface area contributed by atoms with Gasteiger partial charge in [0.15, 0.2) is 0 Å². The number of piperidine rings is 1. The van der Waals surface area contributed by atoms with Crippen molar-refractivity contribution in [3.8, 4) is 0 Å². The van der Waals surface area contributed by atoms with Gasteiger partial charge in [-0.25, -0.2) is 4.39 Å². The van der Waals surface area contributed by atoms with Crippen molar-refractivity contribution < 1.29 is 17.6 Å². The Bertz CT molecular complexity index is 488. The Morgan fingerprint density at radius 3 is 2.33 bits per heavy atom. The van der Waals surface area contributed by atoms with Crippen molar-refractivity contribution >= 4 is 24.0 Å². The lowest BCUT2D eigenvalue weighted by Crippen LogP contribution is -2.34. The van der Waals surface area contributed by atoms with Crippen molar-refractivity contribution in [2.75, 3.05) is 13.1 Å². The van der Waals surface area contributed by atoms with Crippen molar-refractivity contribution in [1.29, 1.82) is 0 Å². The van der Waals surface area contributed by atoms with E-state index in [1.54, 1.807) is 0 Å². The maximum atomic E-state index is 14.0. The Labute approximate surface area is 131 Å². The Morgan fingerprint density at radius 2 is 1.81 bits per heavy atom. The number of nitrogens with two attached hydrogens (primary N) is 1. The molecule has 0 bridgehead atoms. The molecule has 1 heterocycles. The number of benzene rings is 1. The first kappa shape index (κ1) is 18.5. The predicted octanol–water partition coefficient (Wildman–Crippen LogP) is 3.92. The fourth-order valence-corrected chi connectivity index (χ4v) is 2.70. The molecule has 0 radical (unpaired) electrons. The van der Waals surface area contributed by atoms with Crippen LogP contribution in [0.1, 0.15) is 30.0 Å². The van der Waals surface area contributed by atoms with Gasteiger partial charge in [0.1, 0.15) is 5.82 Å². The summed E-state index contributed by atoms with van der Waals surface area (Å²) in [5, 5.41) is 2.58. The van der Waals surface area contributed by atoms with Crippen molar-refractivity contribution in [2.24, 2.45) is 11.7 Å². The van der Waals surface area contributed by atoms with Crippen molar-refractivity contribution in [3.05, 3.63) is 34.1 Å². The third-order valence-electron chi connectivity index (χ3n) is 3.63. The summed E-state index contributed by atoms with van der Waals surface area (Å²) in [5.74, 6) is -0.906. The van der Waals surface area contributed by atoms with E-state index >= 15 is 0 Å². The van der Waals surface area contributed by atoms with Gasteiger partial charge in [-0.3, -0.25) is 0 Å². The number of hydrogen-bond donors (Lipinski definition) is 2. The number of halogens is 6. The molecule has 0 unspecified atom stereocenters. The zero-order valence-electron chi connectivity index (χ0n) is 11.0. The maximum Gasteiger partial charge on any atom is 0.416 e. The summed E-state index contributed by atoms with van der Waals surface area (Å²) in [6.07, 6.45) is -3.16. The molecule has 1 fully saturated rings. The van der Waals surface area contributed by atoms with Crippen LogP contribution in [0, 0.1) is 11.7 Å². The van der Waals surface area contributed by atoms with Gasteiger partial charge < -0.3 is 11.1 Å². The molecule has 2 nitrogen and oxygen atoms in total. The molecule has 1 aliphatic heterocycles. The van der Waals surface area contributed by atoms with E-state index in [1.165, 1.54) is 0 Å². The van der Waals surface area contributed by atoms with Crippen LogP contribution < -0.4 is 11.1 Å². The Kier molecular flexibility index (Phi) is 6.28. The molecular formula is C13H16Cl2F4N2. The van der Waals surface area contributed by atoms with E-state index in [1.807, 2.05) is 0 Å². The molecule has 1 aromatic carbocycles. The minimum atomic E-state index is -4.57. The molecule has 1 atom stereocenters. The maximum absolute atomic E-state index is 14.0. The van der Waals surface area contributed by atoms with E-state index in [4.69, 9.17) is 17.3 Å². The molecular weight excluding hydrogens is 331 g/mol. The lowest BCUT2D eigenvalue weighted by Gasteiger charge is -2.29. The molecule has 2 rings (SSSR count). The average molecular weight is 347 g/mol. The van der Waals surface area contributed by atoms with E-state index in [0.29, 0.717) is 18.9 Å². The topological polar surface area (TPSA) is 38.0 Å². The third kappa shape index (κ3) is 4.22. The minimum absolute atomic E-state index is 0. The first-order valence-electron chi connectivity index (χ1n) is 6.33. The van der Waals surface area contributed by atoms with Crippen molar-refractivity contribution in [1.82, 2.24) is 5.32 Å². The molecule has 3 N–H and O–H groups in total. The highest BCUT2D eigenvalue weighted by Crippen LogP contribution is 2.37. The standard InChI is InChI=1S/C13H15ClF4N2.ClH/c14-10-6-8(13(16,17)18)5-9(11(10)15)12(19)7-1-3-20-4-2-7;/h5-7,12,20H,1-4,19H2;1H/t12-;/m1./s1. The lowest BCUT2D eigenvalue weighted by atomic mass is 9.86. The van der Waals surface area contributed by atoms with Gasteiger partial charge in [0.2, 0.25) is 0 Å². The molecule has 1 saturated heterocycles. The highest BCUT2D eigenvalue weighted by atomic mass is 35.5. The van der Waals surface area contributed by atoms with Crippen LogP contribution in [0.3, 0.4) is 0 Å². The van der Waals surface area contributed by atoms with E-state index in [0.717, 1.165) is 19.2 Å². The molecule has 1 aliphatic rings. The number of alkyl halides is 3. The molecule has 21 heavy (non-hydrogen) atoms. The summed E-state index contributed by atoms with van der Waals surface area (Å²) in [5.41, 5.74) is 4.83. The van der Waals surface area contributed by atoms with Gasteiger partial charge in [0.05, 0.1) is 10.6 Å². The second-order valence-electron chi connectivity index (χ2n) is 4.97. The molecule has 8 heteroatoms. The summed E-state index contributed by atoms with van der Waals surface area (Å²) in [4.78, 5) is 0. The van der Waals surface area contributed by atoms with E-state index < -0.39 is 28.6 Å². The monoisotopic (exact) mass is 346 g/mol. The third-order valence-corrected chi connectivity index (χ3v) is 3.91. The molecule has 0 aliphatic carbocycles. The van der Waals surface area contributed by atoms with Crippen LogP contribution in [0.5, 0.6) is 0 Å². The van der Waals surface area contributed by atoms with Crippen molar-refractivity contribution in [3.63, 3.8) is 0 Å². The van der Waals surface area contributed by atoms with Crippen LogP contribution >= 0.6 is 24.0 Å². The molecule has 1 aromatic rings. The number of rotatable bonds is 2. The highest BCUT2D eigenvalue weighted by Gasteiger charge is 2.34. The second kappa shape index (κ2) is 7.13. The van der Waals surface area contributed by atoms with Gasteiger partial charge >= 0.3 is 6.18 Å². The van der Waals surface area contributed by atoms with E-state index in [2.05, 4.69) is 5.32 Å².